The number of carbonyl (C=O) groups is 2. The van der Waals surface area contributed by atoms with E-state index in [-0.39, 0.29) is 11.8 Å². The van der Waals surface area contributed by atoms with Gasteiger partial charge in [0.05, 0.1) is 5.52 Å². The molecule has 0 bridgehead atoms. The number of likely N-dealkylation sites (N-methyl/N-ethyl adjacent to an activating group) is 1. The van der Waals surface area contributed by atoms with Crippen molar-refractivity contribution in [2.75, 3.05) is 32.5 Å². The van der Waals surface area contributed by atoms with Gasteiger partial charge in [-0.25, -0.2) is 0 Å². The van der Waals surface area contributed by atoms with Crippen molar-refractivity contribution in [3.05, 3.63) is 30.5 Å². The molecule has 0 aliphatic carbocycles. The van der Waals surface area contributed by atoms with E-state index >= 15 is 0 Å². The number of hydrogen-bond acceptors (Lipinski definition) is 3. The number of hydrogen-bond donors (Lipinski definition) is 2. The average molecular weight is 356 g/mol. The molecule has 1 saturated heterocycles. The second kappa shape index (κ2) is 8.36. The molecule has 1 fully saturated rings. The number of carbonyl (C=O) groups excluding carboxylic acids is 2. The summed E-state index contributed by atoms with van der Waals surface area (Å²) in [6.45, 7) is 2.42. The lowest BCUT2D eigenvalue weighted by Gasteiger charge is -2.22. The predicted molar refractivity (Wildman–Crippen MR) is 104 cm³/mol. The quantitative estimate of drug-likeness (QED) is 0.835. The summed E-state index contributed by atoms with van der Waals surface area (Å²) < 4.78 is 1.92. The van der Waals surface area contributed by atoms with E-state index in [9.17, 15) is 9.59 Å². The Morgan fingerprint density at radius 2 is 2.00 bits per heavy atom. The number of nitrogens with zero attached hydrogens (tertiary/aromatic N) is 2. The van der Waals surface area contributed by atoms with Crippen molar-refractivity contribution >= 4 is 28.4 Å². The highest BCUT2D eigenvalue weighted by Gasteiger charge is 2.15. The summed E-state index contributed by atoms with van der Waals surface area (Å²) in [6.07, 6.45) is 5.74. The highest BCUT2D eigenvalue weighted by atomic mass is 16.2. The molecule has 3 rings (SSSR count). The van der Waals surface area contributed by atoms with Gasteiger partial charge in [-0.15, -0.1) is 0 Å². The molecule has 1 aliphatic rings. The highest BCUT2D eigenvalue weighted by Crippen LogP contribution is 2.22. The van der Waals surface area contributed by atoms with E-state index in [2.05, 4.69) is 10.6 Å². The number of anilines is 1. The molecule has 26 heavy (non-hydrogen) atoms. The minimum absolute atomic E-state index is 0.0407. The first-order valence-electron chi connectivity index (χ1n) is 9.32. The zero-order valence-corrected chi connectivity index (χ0v) is 15.6. The van der Waals surface area contributed by atoms with Crippen molar-refractivity contribution in [1.29, 1.82) is 0 Å². The fourth-order valence-corrected chi connectivity index (χ4v) is 3.42. The van der Waals surface area contributed by atoms with Crippen molar-refractivity contribution in [3.8, 4) is 0 Å². The van der Waals surface area contributed by atoms with E-state index in [1.165, 1.54) is 0 Å². The summed E-state index contributed by atoms with van der Waals surface area (Å²) in [5.41, 5.74) is 1.74. The van der Waals surface area contributed by atoms with E-state index in [4.69, 9.17) is 0 Å². The van der Waals surface area contributed by atoms with Gasteiger partial charge in [0, 0.05) is 32.4 Å². The SMILES string of the molecule is CN(C)C(=O)Cn1ccc2ccc(NC(=O)CCC3CCNCC3)cc21. The van der Waals surface area contributed by atoms with Crippen molar-refractivity contribution in [3.63, 3.8) is 0 Å². The summed E-state index contributed by atoms with van der Waals surface area (Å²) in [4.78, 5) is 25.9. The van der Waals surface area contributed by atoms with Crippen LogP contribution in [0.1, 0.15) is 25.7 Å². The molecule has 0 spiro atoms. The van der Waals surface area contributed by atoms with E-state index in [1.54, 1.807) is 19.0 Å². The van der Waals surface area contributed by atoms with Gasteiger partial charge in [0.15, 0.2) is 0 Å². The van der Waals surface area contributed by atoms with Crippen molar-refractivity contribution in [2.45, 2.75) is 32.2 Å². The van der Waals surface area contributed by atoms with E-state index in [0.29, 0.717) is 18.9 Å². The molecule has 0 atom stereocenters. The molecule has 2 aromatic rings. The van der Waals surface area contributed by atoms with Crippen molar-refractivity contribution in [2.24, 2.45) is 5.92 Å². The predicted octanol–water partition coefficient (Wildman–Crippen LogP) is 2.45. The molecule has 0 saturated carbocycles. The Bertz CT molecular complexity index is 775. The van der Waals surface area contributed by atoms with Gasteiger partial charge >= 0.3 is 0 Å². The first-order chi connectivity index (χ1) is 12.5. The summed E-state index contributed by atoms with van der Waals surface area (Å²) in [5, 5.41) is 7.42. The minimum Gasteiger partial charge on any atom is -0.347 e. The van der Waals surface area contributed by atoms with Gasteiger partial charge < -0.3 is 20.1 Å². The number of amides is 2. The molecule has 1 aromatic heterocycles. The molecule has 0 radical (unpaired) electrons. The van der Waals surface area contributed by atoms with Gasteiger partial charge in [-0.3, -0.25) is 9.59 Å². The van der Waals surface area contributed by atoms with Crippen molar-refractivity contribution in [1.82, 2.24) is 14.8 Å². The van der Waals surface area contributed by atoms with Crippen LogP contribution in [-0.4, -0.2) is 48.5 Å². The van der Waals surface area contributed by atoms with Gasteiger partial charge in [0.2, 0.25) is 11.8 Å². The maximum Gasteiger partial charge on any atom is 0.241 e. The van der Waals surface area contributed by atoms with Gasteiger partial charge in [0.1, 0.15) is 6.54 Å². The molecule has 2 amide bonds. The summed E-state index contributed by atoms with van der Waals surface area (Å²) in [5.74, 6) is 0.753. The first-order valence-corrected chi connectivity index (χ1v) is 9.32. The highest BCUT2D eigenvalue weighted by molar-refractivity contribution is 5.94. The smallest absolute Gasteiger partial charge is 0.241 e. The fourth-order valence-electron chi connectivity index (χ4n) is 3.42. The third-order valence-corrected chi connectivity index (χ3v) is 5.10. The standard InChI is InChI=1S/C20H28N4O2/c1-23(2)20(26)14-24-12-9-16-4-5-17(13-18(16)24)22-19(25)6-3-15-7-10-21-11-8-15/h4-5,9,12-13,15,21H,3,6-8,10-11,14H2,1-2H3,(H,22,25). The van der Waals surface area contributed by atoms with Crippen LogP contribution in [0.3, 0.4) is 0 Å². The van der Waals surface area contributed by atoms with Gasteiger partial charge in [-0.05, 0) is 61.9 Å². The van der Waals surface area contributed by atoms with Crippen LogP contribution in [0, 0.1) is 5.92 Å². The number of benzene rings is 1. The molecule has 6 heteroatoms. The molecule has 2 N–H and O–H groups in total. The number of nitrogens with one attached hydrogen (secondary N) is 2. The third-order valence-electron chi connectivity index (χ3n) is 5.10. The van der Waals surface area contributed by atoms with Gasteiger partial charge in [-0.1, -0.05) is 6.07 Å². The van der Waals surface area contributed by atoms with Crippen LogP contribution < -0.4 is 10.6 Å². The largest absolute Gasteiger partial charge is 0.347 e. The molecule has 2 heterocycles. The number of aromatic nitrogens is 1. The van der Waals surface area contributed by atoms with E-state index < -0.39 is 0 Å². The summed E-state index contributed by atoms with van der Waals surface area (Å²) >= 11 is 0. The number of fused-ring (bicyclic) bond motifs is 1. The van der Waals surface area contributed by atoms with E-state index in [1.807, 2.05) is 35.0 Å². The van der Waals surface area contributed by atoms with Crippen molar-refractivity contribution < 1.29 is 9.59 Å². The lowest BCUT2D eigenvalue weighted by molar-refractivity contribution is -0.129. The molecule has 0 unspecified atom stereocenters. The number of piperidine rings is 1. The van der Waals surface area contributed by atoms with Crippen LogP contribution in [0.25, 0.3) is 10.9 Å². The van der Waals surface area contributed by atoms with Gasteiger partial charge in [-0.2, -0.15) is 0 Å². The Balaban J connectivity index is 1.62. The zero-order chi connectivity index (χ0) is 18.5. The normalized spacial score (nSPS) is 15.2. The van der Waals surface area contributed by atoms with Crippen LogP contribution in [0.2, 0.25) is 0 Å². The third kappa shape index (κ3) is 4.64. The maximum absolute atomic E-state index is 12.3. The first kappa shape index (κ1) is 18.5. The van der Waals surface area contributed by atoms with Crippen LogP contribution in [0.15, 0.2) is 30.5 Å². The lowest BCUT2D eigenvalue weighted by Crippen LogP contribution is -2.28. The molecule has 1 aliphatic heterocycles. The maximum atomic E-state index is 12.3. The molecular weight excluding hydrogens is 328 g/mol. The molecule has 6 nitrogen and oxygen atoms in total. The van der Waals surface area contributed by atoms with Gasteiger partial charge in [0.25, 0.3) is 0 Å². The van der Waals surface area contributed by atoms with Crippen LogP contribution >= 0.6 is 0 Å². The Hall–Kier alpha value is -2.34. The zero-order valence-electron chi connectivity index (χ0n) is 15.6. The molecular formula is C20H28N4O2. The Morgan fingerprint density at radius 1 is 1.23 bits per heavy atom. The average Bonchev–Trinajstić information content (AvgIpc) is 3.03. The topological polar surface area (TPSA) is 66.4 Å². The second-order valence-corrected chi connectivity index (χ2v) is 7.29. The van der Waals surface area contributed by atoms with Crippen LogP contribution in [-0.2, 0) is 16.1 Å². The second-order valence-electron chi connectivity index (χ2n) is 7.29. The molecule has 140 valence electrons. The Morgan fingerprint density at radius 3 is 2.73 bits per heavy atom. The molecule has 1 aromatic carbocycles. The Kier molecular flexibility index (Phi) is 5.93. The number of rotatable bonds is 6. The van der Waals surface area contributed by atoms with Crippen LogP contribution in [0.5, 0.6) is 0 Å². The van der Waals surface area contributed by atoms with E-state index in [0.717, 1.165) is 48.9 Å². The summed E-state index contributed by atoms with van der Waals surface area (Å²) in [6, 6.07) is 7.83. The lowest BCUT2D eigenvalue weighted by atomic mass is 9.93. The van der Waals surface area contributed by atoms with Crippen LogP contribution in [0.4, 0.5) is 5.69 Å². The fraction of sp³-hybridized carbons (Fsp3) is 0.500. The minimum atomic E-state index is 0.0407. The monoisotopic (exact) mass is 356 g/mol. The summed E-state index contributed by atoms with van der Waals surface area (Å²) in [7, 11) is 3.50. The Labute approximate surface area is 154 Å².